The van der Waals surface area contributed by atoms with Gasteiger partial charge in [-0.05, 0) is 24.6 Å². The molecule has 1 aromatic rings. The number of hydrogen-bond donors (Lipinski definition) is 2. The predicted molar refractivity (Wildman–Crippen MR) is 72.6 cm³/mol. The monoisotopic (exact) mass is 281 g/mol. The molecule has 1 rings (SSSR count). The summed E-state index contributed by atoms with van der Waals surface area (Å²) in [5.41, 5.74) is -0.376. The van der Waals surface area contributed by atoms with Gasteiger partial charge in [0.2, 0.25) is 5.91 Å². The van der Waals surface area contributed by atoms with E-state index in [9.17, 15) is 9.59 Å². The van der Waals surface area contributed by atoms with Crippen molar-refractivity contribution in [2.75, 3.05) is 20.8 Å². The van der Waals surface area contributed by atoms with E-state index >= 15 is 0 Å². The van der Waals surface area contributed by atoms with E-state index in [0.29, 0.717) is 11.3 Å². The fourth-order valence-electron chi connectivity index (χ4n) is 1.96. The van der Waals surface area contributed by atoms with Gasteiger partial charge in [0.25, 0.3) is 0 Å². The van der Waals surface area contributed by atoms with Gasteiger partial charge in [0.05, 0.1) is 19.1 Å². The molecule has 1 aromatic carbocycles. The van der Waals surface area contributed by atoms with E-state index in [0.717, 1.165) is 0 Å². The highest BCUT2D eigenvalue weighted by atomic mass is 16.5. The Bertz CT molecular complexity index is 488. The van der Waals surface area contributed by atoms with Crippen LogP contribution in [0.2, 0.25) is 0 Å². The van der Waals surface area contributed by atoms with Crippen LogP contribution in [0.4, 0.5) is 0 Å². The Hall–Kier alpha value is -2.08. The van der Waals surface area contributed by atoms with Gasteiger partial charge in [-0.2, -0.15) is 0 Å². The van der Waals surface area contributed by atoms with Crippen molar-refractivity contribution in [3.63, 3.8) is 0 Å². The van der Waals surface area contributed by atoms with Gasteiger partial charge in [0, 0.05) is 7.11 Å². The molecule has 0 saturated heterocycles. The summed E-state index contributed by atoms with van der Waals surface area (Å²) in [5.74, 6) is -0.785. The number of carbonyl (C=O) groups is 2. The van der Waals surface area contributed by atoms with Gasteiger partial charge < -0.3 is 19.9 Å². The summed E-state index contributed by atoms with van der Waals surface area (Å²) in [6.45, 7) is 1.53. The van der Waals surface area contributed by atoms with E-state index < -0.39 is 11.5 Å². The lowest BCUT2D eigenvalue weighted by molar-refractivity contribution is -0.139. The number of amides is 1. The molecule has 0 radical (unpaired) electrons. The standard InChI is InChI=1S/C14H19NO5/c1-14(8-13(17)18,15-12(16)9-19-2)10-5-4-6-11(7-10)20-3/h4-7H,8-9H2,1-3H3,(H,15,16)(H,17,18). The molecular formula is C14H19NO5. The van der Waals surface area contributed by atoms with Crippen molar-refractivity contribution in [1.82, 2.24) is 5.32 Å². The molecule has 1 unspecified atom stereocenters. The number of ether oxygens (including phenoxy) is 2. The number of aliphatic carboxylic acids is 1. The SMILES string of the molecule is COCC(=O)NC(C)(CC(=O)O)c1cccc(OC)c1. The fraction of sp³-hybridized carbons (Fsp3) is 0.429. The second-order valence-corrected chi connectivity index (χ2v) is 4.62. The third-order valence-corrected chi connectivity index (χ3v) is 2.90. The van der Waals surface area contributed by atoms with E-state index in [1.54, 1.807) is 31.2 Å². The summed E-state index contributed by atoms with van der Waals surface area (Å²) in [6, 6.07) is 6.95. The maximum atomic E-state index is 11.7. The minimum Gasteiger partial charge on any atom is -0.497 e. The first-order valence-corrected chi connectivity index (χ1v) is 6.07. The van der Waals surface area contributed by atoms with Crippen LogP contribution in [-0.4, -0.2) is 37.8 Å². The summed E-state index contributed by atoms with van der Waals surface area (Å²) in [6.07, 6.45) is -0.240. The number of methoxy groups -OCH3 is 2. The van der Waals surface area contributed by atoms with Crippen LogP contribution < -0.4 is 10.1 Å². The first kappa shape index (κ1) is 16.0. The van der Waals surface area contributed by atoms with Gasteiger partial charge >= 0.3 is 5.97 Å². The summed E-state index contributed by atoms with van der Waals surface area (Å²) >= 11 is 0. The minimum absolute atomic E-state index is 0.126. The van der Waals surface area contributed by atoms with Crippen molar-refractivity contribution in [2.24, 2.45) is 0 Å². The van der Waals surface area contributed by atoms with Crippen LogP contribution >= 0.6 is 0 Å². The Morgan fingerprint density at radius 2 is 2.05 bits per heavy atom. The van der Waals surface area contributed by atoms with Crippen molar-refractivity contribution < 1.29 is 24.2 Å². The van der Waals surface area contributed by atoms with Crippen molar-refractivity contribution in [3.8, 4) is 5.75 Å². The van der Waals surface area contributed by atoms with E-state index in [2.05, 4.69) is 5.32 Å². The average molecular weight is 281 g/mol. The summed E-state index contributed by atoms with van der Waals surface area (Å²) in [5, 5.41) is 11.8. The van der Waals surface area contributed by atoms with Crippen LogP contribution in [0.5, 0.6) is 5.75 Å². The number of carboxylic acids is 1. The molecule has 2 N–H and O–H groups in total. The molecule has 1 amide bonds. The van der Waals surface area contributed by atoms with Crippen LogP contribution in [0.1, 0.15) is 18.9 Å². The molecule has 0 aliphatic heterocycles. The normalized spacial score (nSPS) is 13.3. The molecule has 1 atom stereocenters. The number of rotatable bonds is 7. The maximum Gasteiger partial charge on any atom is 0.306 e. The third-order valence-electron chi connectivity index (χ3n) is 2.90. The van der Waals surface area contributed by atoms with E-state index in [1.807, 2.05) is 0 Å². The quantitative estimate of drug-likeness (QED) is 0.783. The Balaban J connectivity index is 3.08. The van der Waals surface area contributed by atoms with Gasteiger partial charge in [-0.3, -0.25) is 9.59 Å². The van der Waals surface area contributed by atoms with Crippen LogP contribution in [0.25, 0.3) is 0 Å². The van der Waals surface area contributed by atoms with Crippen LogP contribution in [0, 0.1) is 0 Å². The zero-order chi connectivity index (χ0) is 15.2. The number of benzene rings is 1. The molecule has 110 valence electrons. The van der Waals surface area contributed by atoms with Gasteiger partial charge in [-0.1, -0.05) is 12.1 Å². The van der Waals surface area contributed by atoms with Crippen LogP contribution in [0.3, 0.4) is 0 Å². The number of carbonyl (C=O) groups excluding carboxylic acids is 1. The van der Waals surface area contributed by atoms with Gasteiger partial charge in [-0.25, -0.2) is 0 Å². The molecule has 0 fully saturated rings. The molecule has 0 aromatic heterocycles. The lowest BCUT2D eigenvalue weighted by Crippen LogP contribution is -2.46. The first-order chi connectivity index (χ1) is 9.41. The zero-order valence-corrected chi connectivity index (χ0v) is 11.8. The first-order valence-electron chi connectivity index (χ1n) is 6.07. The predicted octanol–water partition coefficient (Wildman–Crippen LogP) is 1.15. The second kappa shape index (κ2) is 6.91. The lowest BCUT2D eigenvalue weighted by Gasteiger charge is -2.30. The average Bonchev–Trinajstić information content (AvgIpc) is 2.38. The highest BCUT2D eigenvalue weighted by Crippen LogP contribution is 2.27. The summed E-state index contributed by atoms with van der Waals surface area (Å²) < 4.78 is 9.87. The zero-order valence-electron chi connectivity index (χ0n) is 11.8. The highest BCUT2D eigenvalue weighted by Gasteiger charge is 2.31. The van der Waals surface area contributed by atoms with Crippen molar-refractivity contribution >= 4 is 11.9 Å². The highest BCUT2D eigenvalue weighted by molar-refractivity contribution is 5.79. The number of hydrogen-bond acceptors (Lipinski definition) is 4. The molecular weight excluding hydrogens is 262 g/mol. The Morgan fingerprint density at radius 3 is 2.60 bits per heavy atom. The molecule has 0 bridgehead atoms. The molecule has 6 heteroatoms. The lowest BCUT2D eigenvalue weighted by atomic mass is 9.88. The summed E-state index contributed by atoms with van der Waals surface area (Å²) in [7, 11) is 2.93. The van der Waals surface area contributed by atoms with Crippen molar-refractivity contribution in [3.05, 3.63) is 29.8 Å². The van der Waals surface area contributed by atoms with Gasteiger partial charge in [-0.15, -0.1) is 0 Å². The molecule has 0 heterocycles. The number of carboxylic acid groups (broad SMARTS) is 1. The molecule has 0 saturated carbocycles. The maximum absolute atomic E-state index is 11.7. The summed E-state index contributed by atoms with van der Waals surface area (Å²) in [4.78, 5) is 22.8. The van der Waals surface area contributed by atoms with Crippen LogP contribution in [-0.2, 0) is 19.9 Å². The fourth-order valence-corrected chi connectivity index (χ4v) is 1.96. The van der Waals surface area contributed by atoms with E-state index in [-0.39, 0.29) is 18.9 Å². The minimum atomic E-state index is -1.03. The Kier molecular flexibility index (Phi) is 5.52. The molecule has 0 spiro atoms. The van der Waals surface area contributed by atoms with Gasteiger partial charge in [0.15, 0.2) is 0 Å². The smallest absolute Gasteiger partial charge is 0.306 e. The van der Waals surface area contributed by atoms with Crippen molar-refractivity contribution in [2.45, 2.75) is 18.9 Å². The number of nitrogens with one attached hydrogen (secondary N) is 1. The van der Waals surface area contributed by atoms with E-state index in [1.165, 1.54) is 14.2 Å². The third kappa shape index (κ3) is 4.24. The molecule has 0 aliphatic carbocycles. The largest absolute Gasteiger partial charge is 0.497 e. The Morgan fingerprint density at radius 1 is 1.35 bits per heavy atom. The topological polar surface area (TPSA) is 84.9 Å². The van der Waals surface area contributed by atoms with Gasteiger partial charge in [0.1, 0.15) is 12.4 Å². The van der Waals surface area contributed by atoms with Crippen LogP contribution in [0.15, 0.2) is 24.3 Å². The van der Waals surface area contributed by atoms with E-state index in [4.69, 9.17) is 14.6 Å². The Labute approximate surface area is 117 Å². The second-order valence-electron chi connectivity index (χ2n) is 4.62. The molecule has 0 aliphatic rings. The molecule has 6 nitrogen and oxygen atoms in total. The molecule has 20 heavy (non-hydrogen) atoms. The van der Waals surface area contributed by atoms with Crippen molar-refractivity contribution in [1.29, 1.82) is 0 Å².